The zero-order chi connectivity index (χ0) is 15.5. The smallest absolute Gasteiger partial charge is 0.335 e. The molecule has 0 fully saturated rings. The number of aromatic carboxylic acids is 1. The van der Waals surface area contributed by atoms with Crippen LogP contribution in [0, 0.1) is 6.92 Å². The van der Waals surface area contributed by atoms with E-state index >= 15 is 0 Å². The molecule has 4 heteroatoms. The minimum Gasteiger partial charge on any atom is -0.478 e. The quantitative estimate of drug-likeness (QED) is 0.796. The summed E-state index contributed by atoms with van der Waals surface area (Å²) in [5.74, 6) is -0.447. The van der Waals surface area contributed by atoms with Gasteiger partial charge >= 0.3 is 5.97 Å². The van der Waals surface area contributed by atoms with Crippen LogP contribution in [-0.2, 0) is 0 Å². The van der Waals surface area contributed by atoms with Gasteiger partial charge in [-0.25, -0.2) is 14.8 Å². The zero-order valence-corrected chi connectivity index (χ0v) is 12.0. The molecule has 0 aliphatic rings. The summed E-state index contributed by atoms with van der Waals surface area (Å²) < 4.78 is 0. The van der Waals surface area contributed by atoms with Gasteiger partial charge in [0.05, 0.1) is 11.3 Å². The average Bonchev–Trinajstić information content (AvgIpc) is 2.56. The number of aromatic nitrogens is 2. The second-order valence-electron chi connectivity index (χ2n) is 5.02. The predicted molar refractivity (Wildman–Crippen MR) is 84.6 cm³/mol. The van der Waals surface area contributed by atoms with Crippen molar-refractivity contribution < 1.29 is 9.90 Å². The van der Waals surface area contributed by atoms with Crippen LogP contribution in [0.4, 0.5) is 0 Å². The average molecular weight is 290 g/mol. The van der Waals surface area contributed by atoms with Crippen molar-refractivity contribution in [1.82, 2.24) is 9.97 Å². The summed E-state index contributed by atoms with van der Waals surface area (Å²) in [6.45, 7) is 2.03. The molecule has 1 N–H and O–H groups in total. The van der Waals surface area contributed by atoms with Crippen molar-refractivity contribution in [3.63, 3.8) is 0 Å². The third kappa shape index (κ3) is 2.86. The SMILES string of the molecule is Cc1ccc(-c2ccnc(-c3cccc(C(=O)O)c3)n2)cc1. The Kier molecular flexibility index (Phi) is 3.66. The van der Waals surface area contributed by atoms with Crippen molar-refractivity contribution in [1.29, 1.82) is 0 Å². The van der Waals surface area contributed by atoms with Crippen LogP contribution in [0.25, 0.3) is 22.6 Å². The van der Waals surface area contributed by atoms with Gasteiger partial charge in [0, 0.05) is 17.3 Å². The lowest BCUT2D eigenvalue weighted by molar-refractivity contribution is 0.0697. The van der Waals surface area contributed by atoms with E-state index in [1.54, 1.807) is 30.5 Å². The van der Waals surface area contributed by atoms with Gasteiger partial charge in [-0.1, -0.05) is 42.0 Å². The van der Waals surface area contributed by atoms with E-state index in [-0.39, 0.29) is 5.56 Å². The molecule has 0 amide bonds. The van der Waals surface area contributed by atoms with Gasteiger partial charge in [0.15, 0.2) is 5.82 Å². The van der Waals surface area contributed by atoms with Gasteiger partial charge in [-0.05, 0) is 25.1 Å². The number of nitrogens with zero attached hydrogens (tertiary/aromatic N) is 2. The Bertz CT molecular complexity index is 827. The van der Waals surface area contributed by atoms with Crippen molar-refractivity contribution in [3.05, 3.63) is 71.9 Å². The van der Waals surface area contributed by atoms with E-state index in [0.717, 1.165) is 11.3 Å². The predicted octanol–water partition coefficient (Wildman–Crippen LogP) is 3.82. The van der Waals surface area contributed by atoms with Crippen LogP contribution in [0.2, 0.25) is 0 Å². The summed E-state index contributed by atoms with van der Waals surface area (Å²) in [5, 5.41) is 9.07. The van der Waals surface area contributed by atoms with Gasteiger partial charge in [0.2, 0.25) is 0 Å². The van der Waals surface area contributed by atoms with Crippen molar-refractivity contribution in [2.45, 2.75) is 6.92 Å². The number of aryl methyl sites for hydroxylation is 1. The zero-order valence-electron chi connectivity index (χ0n) is 12.0. The highest BCUT2D eigenvalue weighted by Crippen LogP contribution is 2.21. The maximum Gasteiger partial charge on any atom is 0.335 e. The first-order chi connectivity index (χ1) is 10.6. The summed E-state index contributed by atoms with van der Waals surface area (Å²) in [5.41, 5.74) is 3.91. The molecule has 1 aromatic heterocycles. The molecular formula is C18H14N2O2. The van der Waals surface area contributed by atoms with Gasteiger partial charge < -0.3 is 5.11 Å². The van der Waals surface area contributed by atoms with Crippen LogP contribution in [0.1, 0.15) is 15.9 Å². The molecule has 0 saturated heterocycles. The molecule has 0 atom stereocenters. The summed E-state index contributed by atoms with van der Waals surface area (Å²) in [6.07, 6.45) is 1.69. The van der Waals surface area contributed by atoms with Gasteiger partial charge in [-0.15, -0.1) is 0 Å². The summed E-state index contributed by atoms with van der Waals surface area (Å²) in [6, 6.07) is 16.6. The Labute approximate surface area is 128 Å². The minimum absolute atomic E-state index is 0.224. The lowest BCUT2D eigenvalue weighted by Gasteiger charge is -2.05. The van der Waals surface area contributed by atoms with Gasteiger partial charge in [0.25, 0.3) is 0 Å². The normalized spacial score (nSPS) is 10.4. The Morgan fingerprint density at radius 3 is 2.50 bits per heavy atom. The van der Waals surface area contributed by atoms with Gasteiger partial charge in [0.1, 0.15) is 0 Å². The third-order valence-corrected chi connectivity index (χ3v) is 3.37. The Morgan fingerprint density at radius 2 is 1.77 bits per heavy atom. The van der Waals surface area contributed by atoms with Crippen LogP contribution >= 0.6 is 0 Å². The number of hydrogen-bond donors (Lipinski definition) is 1. The van der Waals surface area contributed by atoms with Crippen LogP contribution in [0.5, 0.6) is 0 Å². The van der Waals surface area contributed by atoms with E-state index in [1.165, 1.54) is 5.56 Å². The molecule has 4 nitrogen and oxygen atoms in total. The maximum absolute atomic E-state index is 11.1. The number of hydrogen-bond acceptors (Lipinski definition) is 3. The second kappa shape index (κ2) is 5.77. The maximum atomic E-state index is 11.1. The van der Waals surface area contributed by atoms with E-state index in [1.807, 2.05) is 37.3 Å². The molecule has 22 heavy (non-hydrogen) atoms. The number of rotatable bonds is 3. The van der Waals surface area contributed by atoms with E-state index in [4.69, 9.17) is 5.11 Å². The molecule has 0 saturated carbocycles. The lowest BCUT2D eigenvalue weighted by atomic mass is 10.1. The molecule has 3 aromatic rings. The van der Waals surface area contributed by atoms with E-state index in [0.29, 0.717) is 11.4 Å². The van der Waals surface area contributed by atoms with Crippen molar-refractivity contribution >= 4 is 5.97 Å². The van der Waals surface area contributed by atoms with E-state index < -0.39 is 5.97 Å². The minimum atomic E-state index is -0.962. The Morgan fingerprint density at radius 1 is 1.00 bits per heavy atom. The number of carboxylic acid groups (broad SMARTS) is 1. The highest BCUT2D eigenvalue weighted by molar-refractivity contribution is 5.89. The molecule has 2 aromatic carbocycles. The monoisotopic (exact) mass is 290 g/mol. The first-order valence-corrected chi connectivity index (χ1v) is 6.87. The largest absolute Gasteiger partial charge is 0.478 e. The van der Waals surface area contributed by atoms with Gasteiger partial charge in [-0.2, -0.15) is 0 Å². The fourth-order valence-electron chi connectivity index (χ4n) is 2.17. The molecule has 108 valence electrons. The van der Waals surface area contributed by atoms with E-state index in [9.17, 15) is 4.79 Å². The molecule has 0 radical (unpaired) electrons. The number of carbonyl (C=O) groups is 1. The van der Waals surface area contributed by atoms with Crippen molar-refractivity contribution in [2.24, 2.45) is 0 Å². The molecule has 3 rings (SSSR count). The summed E-state index contributed by atoms with van der Waals surface area (Å²) >= 11 is 0. The number of benzene rings is 2. The van der Waals surface area contributed by atoms with Crippen LogP contribution in [-0.4, -0.2) is 21.0 Å². The first-order valence-electron chi connectivity index (χ1n) is 6.87. The highest BCUT2D eigenvalue weighted by atomic mass is 16.4. The second-order valence-corrected chi connectivity index (χ2v) is 5.02. The third-order valence-electron chi connectivity index (χ3n) is 3.37. The molecular weight excluding hydrogens is 276 g/mol. The Balaban J connectivity index is 2.02. The first kappa shape index (κ1) is 13.9. The molecule has 0 bridgehead atoms. The molecule has 1 heterocycles. The van der Waals surface area contributed by atoms with E-state index in [2.05, 4.69) is 9.97 Å². The topological polar surface area (TPSA) is 63.1 Å². The summed E-state index contributed by atoms with van der Waals surface area (Å²) in [4.78, 5) is 19.9. The number of carboxylic acids is 1. The highest BCUT2D eigenvalue weighted by Gasteiger charge is 2.08. The lowest BCUT2D eigenvalue weighted by Crippen LogP contribution is -1.97. The molecule has 0 unspecified atom stereocenters. The molecule has 0 aliphatic carbocycles. The van der Waals surface area contributed by atoms with Crippen molar-refractivity contribution in [2.75, 3.05) is 0 Å². The molecule has 0 aliphatic heterocycles. The fourth-order valence-corrected chi connectivity index (χ4v) is 2.17. The Hall–Kier alpha value is -3.01. The standard InChI is InChI=1S/C18H14N2O2/c1-12-5-7-13(8-6-12)16-9-10-19-17(20-16)14-3-2-4-15(11-14)18(21)22/h2-11H,1H3,(H,21,22). The van der Waals surface area contributed by atoms with Crippen LogP contribution < -0.4 is 0 Å². The van der Waals surface area contributed by atoms with Crippen LogP contribution in [0.3, 0.4) is 0 Å². The fraction of sp³-hybridized carbons (Fsp3) is 0.0556. The van der Waals surface area contributed by atoms with Crippen LogP contribution in [0.15, 0.2) is 60.8 Å². The summed E-state index contributed by atoms with van der Waals surface area (Å²) in [7, 11) is 0. The molecule has 0 spiro atoms. The van der Waals surface area contributed by atoms with Gasteiger partial charge in [-0.3, -0.25) is 0 Å². The van der Waals surface area contributed by atoms with Crippen molar-refractivity contribution in [3.8, 4) is 22.6 Å².